The molecule has 84 valence electrons. The van der Waals surface area contributed by atoms with Crippen LogP contribution in [0.2, 0.25) is 0 Å². The number of aryl methyl sites for hydroxylation is 1. The zero-order valence-electron chi connectivity index (χ0n) is 9.01. The Labute approximate surface area is 89.8 Å². The van der Waals surface area contributed by atoms with Crippen molar-refractivity contribution in [2.45, 2.75) is 31.9 Å². The van der Waals surface area contributed by atoms with Gasteiger partial charge in [0.05, 0.1) is 16.6 Å². The Morgan fingerprint density at radius 2 is 1.87 bits per heavy atom. The molecular formula is C9H15N3O2S. The molecule has 0 saturated carbocycles. The zero-order chi connectivity index (χ0) is 11.6. The molecule has 15 heavy (non-hydrogen) atoms. The van der Waals surface area contributed by atoms with Crippen LogP contribution in [0.15, 0.2) is 12.4 Å². The van der Waals surface area contributed by atoms with E-state index in [-0.39, 0.29) is 5.92 Å². The maximum absolute atomic E-state index is 11.1. The normalized spacial score (nSPS) is 16.0. The molecule has 5 nitrogen and oxygen atoms in total. The first-order chi connectivity index (χ1) is 6.82. The summed E-state index contributed by atoms with van der Waals surface area (Å²) in [4.78, 5) is 8.20. The van der Waals surface area contributed by atoms with Crippen LogP contribution >= 0.6 is 0 Å². The summed E-state index contributed by atoms with van der Waals surface area (Å²) in [7, 11) is -3.53. The van der Waals surface area contributed by atoms with Crippen molar-refractivity contribution in [2.24, 2.45) is 5.14 Å². The van der Waals surface area contributed by atoms with Gasteiger partial charge in [0.2, 0.25) is 10.0 Å². The molecule has 1 aromatic rings. The van der Waals surface area contributed by atoms with Crippen LogP contribution in [0.25, 0.3) is 0 Å². The van der Waals surface area contributed by atoms with E-state index in [0.29, 0.717) is 5.69 Å². The van der Waals surface area contributed by atoms with Gasteiger partial charge in [-0.25, -0.2) is 13.6 Å². The van der Waals surface area contributed by atoms with Crippen LogP contribution in [0.3, 0.4) is 0 Å². The number of rotatable bonds is 3. The Kier molecular flexibility index (Phi) is 3.41. The first-order valence-electron chi connectivity index (χ1n) is 4.62. The molecule has 1 aromatic heterocycles. The highest BCUT2D eigenvalue weighted by Crippen LogP contribution is 2.20. The minimum Gasteiger partial charge on any atom is -0.258 e. The van der Waals surface area contributed by atoms with Gasteiger partial charge in [0, 0.05) is 18.3 Å². The fourth-order valence-electron chi connectivity index (χ4n) is 1.16. The average Bonchev–Trinajstić information content (AvgIpc) is 2.15. The first kappa shape index (κ1) is 12.1. The van der Waals surface area contributed by atoms with E-state index in [4.69, 9.17) is 5.14 Å². The third-order valence-electron chi connectivity index (χ3n) is 2.49. The summed E-state index contributed by atoms with van der Waals surface area (Å²) in [6.07, 6.45) is 3.20. The second-order valence-electron chi connectivity index (χ2n) is 3.67. The summed E-state index contributed by atoms with van der Waals surface area (Å²) in [5, 5.41) is 4.41. The number of nitrogens with zero attached hydrogens (tertiary/aromatic N) is 2. The molecule has 2 N–H and O–H groups in total. The van der Waals surface area contributed by atoms with Gasteiger partial charge in [-0.2, -0.15) is 0 Å². The van der Waals surface area contributed by atoms with Crippen molar-refractivity contribution in [1.29, 1.82) is 0 Å². The minimum absolute atomic E-state index is 0.256. The summed E-state index contributed by atoms with van der Waals surface area (Å²) in [5.41, 5.74) is 1.44. The molecule has 1 heterocycles. The van der Waals surface area contributed by atoms with Crippen LogP contribution in [-0.2, 0) is 10.0 Å². The van der Waals surface area contributed by atoms with E-state index < -0.39 is 15.3 Å². The Bertz CT molecular complexity index is 427. The predicted molar refractivity (Wildman–Crippen MR) is 57.8 cm³/mol. The molecule has 0 unspecified atom stereocenters. The van der Waals surface area contributed by atoms with Crippen LogP contribution in [0.5, 0.6) is 0 Å². The van der Waals surface area contributed by atoms with Crippen molar-refractivity contribution in [3.8, 4) is 0 Å². The van der Waals surface area contributed by atoms with Gasteiger partial charge < -0.3 is 0 Å². The molecule has 0 saturated heterocycles. The molecule has 2 atom stereocenters. The number of hydrogen-bond acceptors (Lipinski definition) is 4. The number of aromatic nitrogens is 2. The van der Waals surface area contributed by atoms with Gasteiger partial charge in [-0.05, 0) is 13.8 Å². The molecular weight excluding hydrogens is 214 g/mol. The second-order valence-corrected chi connectivity index (χ2v) is 5.59. The monoisotopic (exact) mass is 229 g/mol. The number of hydrogen-bond donors (Lipinski definition) is 1. The van der Waals surface area contributed by atoms with E-state index in [2.05, 4.69) is 9.97 Å². The molecule has 1 rings (SSSR count). The fourth-order valence-corrected chi connectivity index (χ4v) is 1.87. The third-order valence-corrected chi connectivity index (χ3v) is 3.93. The van der Waals surface area contributed by atoms with Gasteiger partial charge in [0.15, 0.2) is 0 Å². The van der Waals surface area contributed by atoms with Crippen LogP contribution < -0.4 is 5.14 Å². The van der Waals surface area contributed by atoms with Gasteiger partial charge >= 0.3 is 0 Å². The SMILES string of the molecule is Cc1cnc([C@H](C)[C@@H](C)S(N)(=O)=O)cn1. The van der Waals surface area contributed by atoms with Crippen molar-refractivity contribution in [1.82, 2.24) is 9.97 Å². The standard InChI is InChI=1S/C9H15N3O2S/c1-6-4-12-9(5-11-6)7(2)8(3)15(10,13)14/h4-5,7-8H,1-3H3,(H2,10,13,14)/t7-,8-/m1/s1. The van der Waals surface area contributed by atoms with Crippen LogP contribution in [0.1, 0.15) is 31.2 Å². The maximum atomic E-state index is 11.1. The molecule has 0 aromatic carbocycles. The molecule has 0 amide bonds. The number of nitrogens with two attached hydrogens (primary N) is 1. The molecule has 0 radical (unpaired) electrons. The largest absolute Gasteiger partial charge is 0.258 e. The van der Waals surface area contributed by atoms with Gasteiger partial charge in [-0.15, -0.1) is 0 Å². The lowest BCUT2D eigenvalue weighted by Crippen LogP contribution is -2.30. The molecule has 0 bridgehead atoms. The molecule has 0 fully saturated rings. The summed E-state index contributed by atoms with van der Waals surface area (Å²) in [6.45, 7) is 5.17. The third kappa shape index (κ3) is 2.97. The molecule has 0 aliphatic rings. The van der Waals surface area contributed by atoms with Gasteiger partial charge in [-0.1, -0.05) is 6.92 Å². The summed E-state index contributed by atoms with van der Waals surface area (Å²) < 4.78 is 22.3. The van der Waals surface area contributed by atoms with E-state index in [0.717, 1.165) is 5.69 Å². The quantitative estimate of drug-likeness (QED) is 0.820. The molecule has 0 aliphatic carbocycles. The molecule has 0 aliphatic heterocycles. The molecule has 6 heteroatoms. The Balaban J connectivity index is 2.95. The number of sulfonamides is 1. The van der Waals surface area contributed by atoms with Crippen LogP contribution in [0, 0.1) is 6.92 Å². The summed E-state index contributed by atoms with van der Waals surface area (Å²) in [6, 6.07) is 0. The first-order valence-corrected chi connectivity index (χ1v) is 6.23. The minimum atomic E-state index is -3.53. The van der Waals surface area contributed by atoms with E-state index in [9.17, 15) is 8.42 Å². The van der Waals surface area contributed by atoms with Gasteiger partial charge in [-0.3, -0.25) is 9.97 Å². The van der Waals surface area contributed by atoms with Crippen LogP contribution in [0.4, 0.5) is 0 Å². The highest BCUT2D eigenvalue weighted by molar-refractivity contribution is 7.89. The van der Waals surface area contributed by atoms with E-state index >= 15 is 0 Å². The zero-order valence-corrected chi connectivity index (χ0v) is 9.82. The average molecular weight is 229 g/mol. The molecule has 0 spiro atoms. The van der Waals surface area contributed by atoms with E-state index in [1.165, 1.54) is 0 Å². The number of primary sulfonamides is 1. The highest BCUT2D eigenvalue weighted by atomic mass is 32.2. The van der Waals surface area contributed by atoms with E-state index in [1.54, 1.807) is 26.2 Å². The Hall–Kier alpha value is -1.01. The van der Waals surface area contributed by atoms with E-state index in [1.807, 2.05) is 6.92 Å². The topological polar surface area (TPSA) is 85.9 Å². The van der Waals surface area contributed by atoms with Crippen molar-refractivity contribution in [3.05, 3.63) is 23.8 Å². The van der Waals surface area contributed by atoms with Crippen molar-refractivity contribution in [2.75, 3.05) is 0 Å². The Morgan fingerprint density at radius 1 is 1.27 bits per heavy atom. The Morgan fingerprint density at radius 3 is 2.27 bits per heavy atom. The van der Waals surface area contributed by atoms with Gasteiger partial charge in [0.25, 0.3) is 0 Å². The lowest BCUT2D eigenvalue weighted by atomic mass is 10.1. The smallest absolute Gasteiger partial charge is 0.212 e. The predicted octanol–water partition coefficient (Wildman–Crippen LogP) is 0.566. The highest BCUT2D eigenvalue weighted by Gasteiger charge is 2.25. The van der Waals surface area contributed by atoms with Crippen LogP contribution in [-0.4, -0.2) is 23.6 Å². The lowest BCUT2D eigenvalue weighted by Gasteiger charge is -2.16. The fraction of sp³-hybridized carbons (Fsp3) is 0.556. The maximum Gasteiger partial charge on any atom is 0.212 e. The van der Waals surface area contributed by atoms with Crippen molar-refractivity contribution in [3.63, 3.8) is 0 Å². The van der Waals surface area contributed by atoms with Crippen molar-refractivity contribution >= 4 is 10.0 Å². The van der Waals surface area contributed by atoms with Gasteiger partial charge in [0.1, 0.15) is 0 Å². The van der Waals surface area contributed by atoms with Crippen molar-refractivity contribution < 1.29 is 8.42 Å². The lowest BCUT2D eigenvalue weighted by molar-refractivity contribution is 0.568. The summed E-state index contributed by atoms with van der Waals surface area (Å²) in [5.74, 6) is -0.256. The second kappa shape index (κ2) is 4.24. The summed E-state index contributed by atoms with van der Waals surface area (Å²) >= 11 is 0.